The smallest absolute Gasteiger partial charge is 0.309 e. The molecule has 0 aliphatic heterocycles. The largest absolute Gasteiger partial charge is 0.469 e. The maximum absolute atomic E-state index is 13.2. The summed E-state index contributed by atoms with van der Waals surface area (Å²) in [6.45, 7) is 0. The summed E-state index contributed by atoms with van der Waals surface area (Å²) in [5.41, 5.74) is 2.98. The normalized spacial score (nSPS) is 17.4. The van der Waals surface area contributed by atoms with Gasteiger partial charge in [0.05, 0.1) is 29.8 Å². The zero-order chi connectivity index (χ0) is 18.9. The van der Waals surface area contributed by atoms with Gasteiger partial charge in [-0.05, 0) is 53.8 Å². The zero-order valence-electron chi connectivity index (χ0n) is 14.0. The van der Waals surface area contributed by atoms with Crippen molar-refractivity contribution in [3.8, 4) is 0 Å². The molecule has 0 spiro atoms. The van der Waals surface area contributed by atoms with Gasteiger partial charge >= 0.3 is 5.97 Å². The van der Waals surface area contributed by atoms with Crippen molar-refractivity contribution in [2.24, 2.45) is 11.1 Å². The van der Waals surface area contributed by atoms with E-state index in [-0.39, 0.29) is 16.8 Å². The van der Waals surface area contributed by atoms with E-state index in [0.717, 1.165) is 22.9 Å². The lowest BCUT2D eigenvalue weighted by Crippen LogP contribution is -2.13. The quantitative estimate of drug-likeness (QED) is 0.826. The number of allylic oxidation sites excluding steroid dienone is 2. The van der Waals surface area contributed by atoms with E-state index < -0.39 is 15.8 Å². The molecule has 0 radical (unpaired) electrons. The third kappa shape index (κ3) is 3.66. The monoisotopic (exact) mass is 376 g/mol. The van der Waals surface area contributed by atoms with Gasteiger partial charge in [0, 0.05) is 0 Å². The number of rotatable bonds is 4. The number of esters is 1. The Bertz CT molecular complexity index is 967. The third-order valence-corrected chi connectivity index (χ3v) is 5.30. The lowest BCUT2D eigenvalue weighted by atomic mass is 9.99. The molecule has 0 fully saturated rings. The lowest BCUT2D eigenvalue weighted by Gasteiger charge is -2.08. The van der Waals surface area contributed by atoms with Crippen LogP contribution < -0.4 is 5.14 Å². The average Bonchev–Trinajstić information content (AvgIpc) is 3.06. The van der Waals surface area contributed by atoms with E-state index in [1.165, 1.54) is 25.3 Å². The Morgan fingerprint density at radius 1 is 1.15 bits per heavy atom. The first kappa shape index (κ1) is 18.2. The average molecular weight is 376 g/mol. The molecule has 0 bridgehead atoms. The van der Waals surface area contributed by atoms with Gasteiger partial charge < -0.3 is 4.74 Å². The molecule has 2 aromatic rings. The van der Waals surface area contributed by atoms with E-state index in [4.69, 9.17) is 9.88 Å². The van der Waals surface area contributed by atoms with Crippen molar-refractivity contribution in [2.75, 3.05) is 7.11 Å². The van der Waals surface area contributed by atoms with Crippen molar-refractivity contribution < 1.29 is 22.3 Å². The van der Waals surface area contributed by atoms with Crippen molar-refractivity contribution in [1.82, 2.24) is 4.98 Å². The predicted octanol–water partition coefficient (Wildman–Crippen LogP) is 2.36. The van der Waals surface area contributed by atoms with Crippen LogP contribution in [0.5, 0.6) is 0 Å². The Kier molecular flexibility index (Phi) is 4.88. The van der Waals surface area contributed by atoms with Crippen molar-refractivity contribution >= 4 is 27.1 Å². The summed E-state index contributed by atoms with van der Waals surface area (Å²) in [6, 6.07) is 8.97. The first-order valence-electron chi connectivity index (χ1n) is 7.84. The number of halogens is 1. The molecule has 2 N–H and O–H groups in total. The fourth-order valence-corrected chi connectivity index (χ4v) is 3.61. The number of benzene rings is 1. The molecule has 0 saturated carbocycles. The number of methoxy groups -OCH3 is 1. The van der Waals surface area contributed by atoms with Gasteiger partial charge in [0.1, 0.15) is 5.82 Å². The first-order chi connectivity index (χ1) is 12.3. The molecule has 1 aliphatic rings. The molecule has 1 unspecified atom stereocenters. The molecule has 1 atom stereocenters. The second kappa shape index (κ2) is 6.97. The van der Waals surface area contributed by atoms with E-state index in [1.807, 2.05) is 0 Å². The van der Waals surface area contributed by atoms with Crippen LogP contribution in [0.2, 0.25) is 0 Å². The van der Waals surface area contributed by atoms with Gasteiger partial charge in [-0.2, -0.15) is 0 Å². The summed E-state index contributed by atoms with van der Waals surface area (Å²) in [5.74, 6) is -1.15. The molecule has 0 saturated heterocycles. The molecule has 1 aliphatic carbocycles. The highest BCUT2D eigenvalue weighted by Gasteiger charge is 2.32. The number of nitrogens with two attached hydrogens (primary N) is 1. The van der Waals surface area contributed by atoms with Crippen molar-refractivity contribution in [1.29, 1.82) is 0 Å². The standard InChI is InChI=1S/C18H17FN2O4S/c1-25-18(22)12-8-15(11-2-5-14(6-3-11)26(20,23)24)16(9-12)17-7-4-13(19)10-21-17/h2-7,10,12H,8-9H2,1H3,(H2,20,23,24). The highest BCUT2D eigenvalue weighted by atomic mass is 32.2. The molecule has 136 valence electrons. The van der Waals surface area contributed by atoms with Gasteiger partial charge in [-0.1, -0.05) is 12.1 Å². The Morgan fingerprint density at radius 3 is 2.35 bits per heavy atom. The number of carbonyl (C=O) groups excluding carboxylic acids is 1. The van der Waals surface area contributed by atoms with Crippen LogP contribution in [-0.2, 0) is 19.6 Å². The van der Waals surface area contributed by atoms with Gasteiger partial charge in [0.25, 0.3) is 0 Å². The van der Waals surface area contributed by atoms with Crippen LogP contribution in [0, 0.1) is 11.7 Å². The molecule has 1 aromatic heterocycles. The number of sulfonamides is 1. The Balaban J connectivity index is 2.04. The van der Waals surface area contributed by atoms with E-state index in [1.54, 1.807) is 18.2 Å². The number of hydrogen-bond acceptors (Lipinski definition) is 5. The van der Waals surface area contributed by atoms with Crippen molar-refractivity contribution in [3.05, 3.63) is 59.7 Å². The number of aromatic nitrogens is 1. The zero-order valence-corrected chi connectivity index (χ0v) is 14.8. The van der Waals surface area contributed by atoms with Crippen LogP contribution in [0.3, 0.4) is 0 Å². The molecular weight excluding hydrogens is 359 g/mol. The van der Waals surface area contributed by atoms with Gasteiger partial charge in [-0.25, -0.2) is 17.9 Å². The summed E-state index contributed by atoms with van der Waals surface area (Å²) < 4.78 is 40.9. The van der Waals surface area contributed by atoms with Gasteiger partial charge in [0.2, 0.25) is 10.0 Å². The topological polar surface area (TPSA) is 99.4 Å². The number of pyridine rings is 1. The van der Waals surface area contributed by atoms with Gasteiger partial charge in [-0.15, -0.1) is 0 Å². The molecule has 1 aromatic carbocycles. The minimum atomic E-state index is -3.79. The van der Waals surface area contributed by atoms with E-state index >= 15 is 0 Å². The summed E-state index contributed by atoms with van der Waals surface area (Å²) in [4.78, 5) is 16.1. The minimum Gasteiger partial charge on any atom is -0.469 e. The van der Waals surface area contributed by atoms with Crippen LogP contribution in [-0.4, -0.2) is 26.5 Å². The third-order valence-electron chi connectivity index (χ3n) is 4.37. The second-order valence-electron chi connectivity index (χ2n) is 6.02. The maximum Gasteiger partial charge on any atom is 0.309 e. The molecule has 1 heterocycles. The Labute approximate surface area is 150 Å². The number of carbonyl (C=O) groups is 1. The highest BCUT2D eigenvalue weighted by molar-refractivity contribution is 7.89. The fourth-order valence-electron chi connectivity index (χ4n) is 3.10. The SMILES string of the molecule is COC(=O)C1CC(c2ccc(S(N)(=O)=O)cc2)=C(c2ccc(F)cn2)C1. The summed E-state index contributed by atoms with van der Waals surface area (Å²) >= 11 is 0. The minimum absolute atomic E-state index is 0.00539. The van der Waals surface area contributed by atoms with Crippen LogP contribution in [0.25, 0.3) is 11.1 Å². The first-order valence-corrected chi connectivity index (χ1v) is 9.39. The molecule has 0 amide bonds. The molecule has 26 heavy (non-hydrogen) atoms. The van der Waals surface area contributed by atoms with Crippen LogP contribution >= 0.6 is 0 Å². The lowest BCUT2D eigenvalue weighted by molar-refractivity contribution is -0.144. The highest BCUT2D eigenvalue weighted by Crippen LogP contribution is 2.43. The predicted molar refractivity (Wildman–Crippen MR) is 93.6 cm³/mol. The second-order valence-corrected chi connectivity index (χ2v) is 7.58. The van der Waals surface area contributed by atoms with Crippen molar-refractivity contribution in [3.63, 3.8) is 0 Å². The Hall–Kier alpha value is -2.58. The van der Waals surface area contributed by atoms with Crippen LogP contribution in [0.1, 0.15) is 24.1 Å². The van der Waals surface area contributed by atoms with Crippen LogP contribution in [0.15, 0.2) is 47.5 Å². The molecular formula is C18H17FN2O4S. The van der Waals surface area contributed by atoms with E-state index in [2.05, 4.69) is 4.98 Å². The summed E-state index contributed by atoms with van der Waals surface area (Å²) in [6.07, 6.45) is 1.96. The Morgan fingerprint density at radius 2 is 1.81 bits per heavy atom. The number of ether oxygens (including phenoxy) is 1. The number of primary sulfonamides is 1. The maximum atomic E-state index is 13.2. The van der Waals surface area contributed by atoms with Gasteiger partial charge in [0.15, 0.2) is 0 Å². The van der Waals surface area contributed by atoms with Crippen LogP contribution in [0.4, 0.5) is 4.39 Å². The molecule has 3 rings (SSSR count). The number of hydrogen-bond donors (Lipinski definition) is 1. The molecule has 6 nitrogen and oxygen atoms in total. The van der Waals surface area contributed by atoms with Crippen molar-refractivity contribution in [2.45, 2.75) is 17.7 Å². The fraction of sp³-hybridized carbons (Fsp3) is 0.222. The summed E-state index contributed by atoms with van der Waals surface area (Å²) in [5, 5.41) is 5.13. The molecule has 8 heteroatoms. The summed E-state index contributed by atoms with van der Waals surface area (Å²) in [7, 11) is -2.46. The van der Waals surface area contributed by atoms with E-state index in [9.17, 15) is 17.6 Å². The van der Waals surface area contributed by atoms with Gasteiger partial charge in [-0.3, -0.25) is 9.78 Å². The van der Waals surface area contributed by atoms with E-state index in [0.29, 0.717) is 18.5 Å². The number of nitrogens with zero attached hydrogens (tertiary/aromatic N) is 1.